The summed E-state index contributed by atoms with van der Waals surface area (Å²) < 4.78 is 0. The van der Waals surface area contributed by atoms with Gasteiger partial charge in [-0.15, -0.1) is 24.0 Å². The van der Waals surface area contributed by atoms with Crippen LogP contribution in [-0.2, 0) is 6.54 Å². The Kier molecular flexibility index (Phi) is 7.55. The molecule has 1 aliphatic rings. The molecule has 5 nitrogen and oxygen atoms in total. The normalized spacial score (nSPS) is 16.2. The highest BCUT2D eigenvalue weighted by molar-refractivity contribution is 14.0. The van der Waals surface area contributed by atoms with Crippen molar-refractivity contribution in [3.8, 4) is 11.3 Å². The van der Waals surface area contributed by atoms with Gasteiger partial charge in [0.25, 0.3) is 0 Å². The Balaban J connectivity index is 0.00000208. The molecule has 2 aromatic rings. The van der Waals surface area contributed by atoms with Crippen molar-refractivity contribution in [1.82, 2.24) is 15.3 Å². The molecule has 0 atom stereocenters. The van der Waals surface area contributed by atoms with Gasteiger partial charge in [-0.1, -0.05) is 56.0 Å². The molecule has 4 N–H and O–H groups in total. The van der Waals surface area contributed by atoms with Crippen molar-refractivity contribution in [2.24, 2.45) is 10.7 Å². The number of nitrogens with two attached hydrogens (primary N) is 1. The lowest BCUT2D eigenvalue weighted by atomic mass is 10.1. The number of halogens is 1. The van der Waals surface area contributed by atoms with E-state index in [2.05, 4.69) is 32.4 Å². The van der Waals surface area contributed by atoms with E-state index >= 15 is 0 Å². The van der Waals surface area contributed by atoms with Crippen molar-refractivity contribution in [3.05, 3.63) is 42.4 Å². The highest BCUT2D eigenvalue weighted by atomic mass is 127. The molecular weight excluding hydrogens is 413 g/mol. The van der Waals surface area contributed by atoms with Crippen molar-refractivity contribution in [3.63, 3.8) is 0 Å². The third-order valence-electron chi connectivity index (χ3n) is 4.32. The number of H-pyrrole nitrogens is 1. The van der Waals surface area contributed by atoms with Crippen molar-refractivity contribution < 1.29 is 0 Å². The molecule has 0 spiro atoms. The molecule has 130 valence electrons. The zero-order valence-electron chi connectivity index (χ0n) is 13.9. The minimum absolute atomic E-state index is 0. The van der Waals surface area contributed by atoms with E-state index in [1.54, 1.807) is 0 Å². The third-order valence-corrected chi connectivity index (χ3v) is 4.32. The van der Waals surface area contributed by atoms with Crippen molar-refractivity contribution in [2.75, 3.05) is 0 Å². The molecular formula is C18H26IN5. The zero-order valence-corrected chi connectivity index (χ0v) is 16.2. The summed E-state index contributed by atoms with van der Waals surface area (Å²) in [6, 6.07) is 10.6. The minimum Gasteiger partial charge on any atom is -0.370 e. The molecule has 0 unspecified atom stereocenters. The number of nitrogens with zero attached hydrogens (tertiary/aromatic N) is 2. The summed E-state index contributed by atoms with van der Waals surface area (Å²) in [5, 5.41) is 3.35. The van der Waals surface area contributed by atoms with E-state index in [0.29, 0.717) is 18.5 Å². The van der Waals surface area contributed by atoms with Crippen LogP contribution in [0.1, 0.15) is 44.3 Å². The maximum Gasteiger partial charge on any atom is 0.189 e. The van der Waals surface area contributed by atoms with E-state index < -0.39 is 0 Å². The second-order valence-electron chi connectivity index (χ2n) is 6.14. The molecule has 6 heteroatoms. The quantitative estimate of drug-likeness (QED) is 0.293. The van der Waals surface area contributed by atoms with Gasteiger partial charge in [0, 0.05) is 6.04 Å². The van der Waals surface area contributed by atoms with Gasteiger partial charge in [0.15, 0.2) is 5.96 Å². The topological polar surface area (TPSA) is 79.1 Å². The third kappa shape index (κ3) is 5.51. The standard InChI is InChI=1S/C18H25N5.HI/c19-18(22-15-10-6-1-2-7-11-15)21-13-17-20-12-16(23-17)14-8-4-3-5-9-14;/h3-5,8-9,12,15H,1-2,6-7,10-11,13H2,(H,20,23)(H3,19,21,22);1H. The van der Waals surface area contributed by atoms with Gasteiger partial charge in [-0.05, 0) is 18.4 Å². The molecule has 1 fully saturated rings. The minimum atomic E-state index is 0. The predicted molar refractivity (Wildman–Crippen MR) is 109 cm³/mol. The monoisotopic (exact) mass is 439 g/mol. The molecule has 1 saturated carbocycles. The van der Waals surface area contributed by atoms with Crippen LogP contribution in [0.25, 0.3) is 11.3 Å². The first-order chi connectivity index (χ1) is 11.3. The van der Waals surface area contributed by atoms with Gasteiger partial charge in [0.2, 0.25) is 0 Å². The maximum absolute atomic E-state index is 6.02. The summed E-state index contributed by atoms with van der Waals surface area (Å²) in [6.07, 6.45) is 9.46. The summed E-state index contributed by atoms with van der Waals surface area (Å²) >= 11 is 0. The number of aliphatic imine (C=N–C) groups is 1. The Morgan fingerprint density at radius 1 is 1.17 bits per heavy atom. The fourth-order valence-corrected chi connectivity index (χ4v) is 3.05. The number of guanidine groups is 1. The highest BCUT2D eigenvalue weighted by Crippen LogP contribution is 2.17. The lowest BCUT2D eigenvalue weighted by molar-refractivity contribution is 0.530. The first-order valence-corrected chi connectivity index (χ1v) is 8.47. The maximum atomic E-state index is 6.02. The summed E-state index contributed by atoms with van der Waals surface area (Å²) in [7, 11) is 0. The lowest BCUT2D eigenvalue weighted by Gasteiger charge is -2.16. The van der Waals surface area contributed by atoms with Crippen molar-refractivity contribution in [1.29, 1.82) is 0 Å². The Morgan fingerprint density at radius 2 is 1.88 bits per heavy atom. The van der Waals surface area contributed by atoms with Gasteiger partial charge >= 0.3 is 0 Å². The summed E-state index contributed by atoms with van der Waals surface area (Å²) in [6.45, 7) is 0.471. The van der Waals surface area contributed by atoms with Gasteiger partial charge in [0.1, 0.15) is 12.4 Å². The second kappa shape index (κ2) is 9.66. The van der Waals surface area contributed by atoms with E-state index in [4.69, 9.17) is 5.73 Å². The summed E-state index contributed by atoms with van der Waals surface area (Å²) in [5.41, 5.74) is 8.15. The fraction of sp³-hybridized carbons (Fsp3) is 0.444. The van der Waals surface area contributed by atoms with E-state index in [1.807, 2.05) is 24.4 Å². The Bertz CT molecular complexity index is 630. The Labute approximate surface area is 160 Å². The van der Waals surface area contributed by atoms with Crippen LogP contribution in [0, 0.1) is 0 Å². The Hall–Kier alpha value is -1.57. The van der Waals surface area contributed by atoms with E-state index in [9.17, 15) is 0 Å². The fourth-order valence-electron chi connectivity index (χ4n) is 3.05. The molecule has 1 aromatic carbocycles. The smallest absolute Gasteiger partial charge is 0.189 e. The van der Waals surface area contributed by atoms with Crippen LogP contribution in [-0.4, -0.2) is 22.0 Å². The molecule has 0 saturated heterocycles. The molecule has 1 heterocycles. The SMILES string of the molecule is I.NC(=NCc1ncc(-c2ccccc2)[nH]1)NC1CCCCCC1. The number of aromatic amines is 1. The molecule has 0 aliphatic heterocycles. The Morgan fingerprint density at radius 3 is 2.58 bits per heavy atom. The van der Waals surface area contributed by atoms with Crippen LogP contribution in [0.15, 0.2) is 41.5 Å². The molecule has 3 rings (SSSR count). The number of benzene rings is 1. The van der Waals surface area contributed by atoms with Crippen molar-refractivity contribution in [2.45, 2.75) is 51.1 Å². The first-order valence-electron chi connectivity index (χ1n) is 8.47. The zero-order chi connectivity index (χ0) is 15.9. The van der Waals surface area contributed by atoms with Gasteiger partial charge in [-0.2, -0.15) is 0 Å². The van der Waals surface area contributed by atoms with Crippen LogP contribution < -0.4 is 11.1 Å². The summed E-state index contributed by atoms with van der Waals surface area (Å²) in [5.74, 6) is 1.35. The number of hydrogen-bond donors (Lipinski definition) is 3. The van der Waals surface area contributed by atoms with Crippen LogP contribution in [0.3, 0.4) is 0 Å². The summed E-state index contributed by atoms with van der Waals surface area (Å²) in [4.78, 5) is 12.1. The average Bonchev–Trinajstić information content (AvgIpc) is 2.91. The molecule has 0 bridgehead atoms. The van der Waals surface area contributed by atoms with Gasteiger partial charge in [-0.25, -0.2) is 9.98 Å². The van der Waals surface area contributed by atoms with Crippen molar-refractivity contribution >= 4 is 29.9 Å². The number of nitrogens with one attached hydrogen (secondary N) is 2. The number of rotatable bonds is 4. The van der Waals surface area contributed by atoms with Gasteiger partial charge in [-0.3, -0.25) is 0 Å². The van der Waals surface area contributed by atoms with Crippen LogP contribution in [0.2, 0.25) is 0 Å². The molecule has 0 radical (unpaired) electrons. The number of aromatic nitrogens is 2. The van der Waals surface area contributed by atoms with Crippen LogP contribution >= 0.6 is 24.0 Å². The second-order valence-corrected chi connectivity index (χ2v) is 6.14. The molecule has 1 aliphatic carbocycles. The molecule has 0 amide bonds. The lowest BCUT2D eigenvalue weighted by Crippen LogP contribution is -2.39. The number of imidazole rings is 1. The largest absolute Gasteiger partial charge is 0.370 e. The number of hydrogen-bond acceptors (Lipinski definition) is 2. The van der Waals surface area contributed by atoms with Crippen LogP contribution in [0.4, 0.5) is 0 Å². The van der Waals surface area contributed by atoms with Gasteiger partial charge < -0.3 is 16.0 Å². The predicted octanol–water partition coefficient (Wildman–Crippen LogP) is 3.82. The first kappa shape index (κ1) is 18.8. The average molecular weight is 439 g/mol. The molecule has 1 aromatic heterocycles. The highest BCUT2D eigenvalue weighted by Gasteiger charge is 2.12. The van der Waals surface area contributed by atoms with E-state index in [1.165, 1.54) is 38.5 Å². The van der Waals surface area contributed by atoms with E-state index in [0.717, 1.165) is 17.1 Å². The van der Waals surface area contributed by atoms with Crippen LogP contribution in [0.5, 0.6) is 0 Å². The van der Waals surface area contributed by atoms with Gasteiger partial charge in [0.05, 0.1) is 11.9 Å². The van der Waals surface area contributed by atoms with E-state index in [-0.39, 0.29) is 24.0 Å². The molecule has 24 heavy (non-hydrogen) atoms.